The number of amides is 4. The third-order valence-corrected chi connectivity index (χ3v) is 4.72. The first-order valence-electron chi connectivity index (χ1n) is 9.09. The first kappa shape index (κ1) is 19.5. The fourth-order valence-electron chi connectivity index (χ4n) is 3.34. The van der Waals surface area contributed by atoms with E-state index in [9.17, 15) is 24.0 Å². The number of nitrogens with one attached hydrogen (secondary N) is 1. The zero-order valence-electron chi connectivity index (χ0n) is 15.1. The third kappa shape index (κ3) is 3.88. The van der Waals surface area contributed by atoms with Gasteiger partial charge in [0, 0.05) is 12.8 Å². The Morgan fingerprint density at radius 2 is 1.93 bits per heavy atom. The quantitative estimate of drug-likeness (QED) is 0.504. The molecular weight excluding hydrogens is 368 g/mol. The Morgan fingerprint density at radius 3 is 2.64 bits per heavy atom. The summed E-state index contributed by atoms with van der Waals surface area (Å²) in [5, 5.41) is 10.8. The first-order valence-corrected chi connectivity index (χ1v) is 9.09. The molecule has 4 amide bonds. The summed E-state index contributed by atoms with van der Waals surface area (Å²) in [5.74, 6) is -2.88. The predicted molar refractivity (Wildman–Crippen MR) is 94.7 cm³/mol. The maximum Gasteiger partial charge on any atom is 0.303 e. The highest BCUT2D eigenvalue weighted by atomic mass is 16.5. The van der Waals surface area contributed by atoms with Gasteiger partial charge in [0.2, 0.25) is 11.8 Å². The Morgan fingerprint density at radius 1 is 1.14 bits per heavy atom. The molecule has 0 bridgehead atoms. The summed E-state index contributed by atoms with van der Waals surface area (Å²) in [4.78, 5) is 60.4. The summed E-state index contributed by atoms with van der Waals surface area (Å²) in [6, 6.07) is 3.66. The van der Waals surface area contributed by atoms with Crippen LogP contribution in [0.2, 0.25) is 0 Å². The average molecular weight is 388 g/mol. The van der Waals surface area contributed by atoms with Crippen molar-refractivity contribution >= 4 is 29.6 Å². The molecule has 1 aromatic carbocycles. The van der Waals surface area contributed by atoms with Crippen molar-refractivity contribution in [1.82, 2.24) is 10.2 Å². The normalized spacial score (nSPS) is 18.9. The van der Waals surface area contributed by atoms with Crippen LogP contribution < -0.4 is 10.1 Å². The van der Waals surface area contributed by atoms with Crippen LogP contribution in [0.25, 0.3) is 0 Å². The summed E-state index contributed by atoms with van der Waals surface area (Å²) in [5.41, 5.74) is 0.279. The molecule has 0 aliphatic carbocycles. The predicted octanol–water partition coefficient (Wildman–Crippen LogP) is 1.11. The number of benzene rings is 1. The molecule has 2 heterocycles. The second-order valence-corrected chi connectivity index (χ2v) is 6.68. The van der Waals surface area contributed by atoms with E-state index in [4.69, 9.17) is 9.84 Å². The maximum absolute atomic E-state index is 12.9. The number of hydrogen-bond donors (Lipinski definition) is 2. The molecule has 28 heavy (non-hydrogen) atoms. The van der Waals surface area contributed by atoms with Gasteiger partial charge in [0.25, 0.3) is 11.8 Å². The second-order valence-electron chi connectivity index (χ2n) is 6.68. The lowest BCUT2D eigenvalue weighted by atomic mass is 10.0. The molecule has 2 aliphatic heterocycles. The molecule has 0 saturated carbocycles. The molecule has 3 rings (SSSR count). The summed E-state index contributed by atoms with van der Waals surface area (Å²) >= 11 is 0. The first-order chi connectivity index (χ1) is 13.4. The monoisotopic (exact) mass is 388 g/mol. The Balaban J connectivity index is 1.69. The largest absolute Gasteiger partial charge is 0.493 e. The maximum atomic E-state index is 12.9. The minimum atomic E-state index is -1.02. The Hall–Kier alpha value is -3.23. The number of fused-ring (bicyclic) bond motifs is 1. The van der Waals surface area contributed by atoms with Gasteiger partial charge in [-0.05, 0) is 37.8 Å². The van der Waals surface area contributed by atoms with E-state index in [1.165, 1.54) is 6.07 Å². The zero-order valence-corrected chi connectivity index (χ0v) is 15.1. The number of carbonyl (C=O) groups is 5. The van der Waals surface area contributed by atoms with Gasteiger partial charge in [-0.1, -0.05) is 6.07 Å². The Bertz CT molecular complexity index is 849. The van der Waals surface area contributed by atoms with Crippen LogP contribution in [0.3, 0.4) is 0 Å². The van der Waals surface area contributed by atoms with Gasteiger partial charge in [0.1, 0.15) is 11.8 Å². The number of unbranched alkanes of at least 4 members (excludes halogenated alkanes) is 2. The number of carbonyl (C=O) groups excluding carboxylic acids is 4. The highest BCUT2D eigenvalue weighted by molar-refractivity contribution is 6.24. The van der Waals surface area contributed by atoms with E-state index in [1.54, 1.807) is 12.1 Å². The fraction of sp³-hybridized carbons (Fsp3) is 0.421. The topological polar surface area (TPSA) is 130 Å². The lowest BCUT2D eigenvalue weighted by Crippen LogP contribution is -2.54. The highest BCUT2D eigenvalue weighted by Crippen LogP contribution is 2.33. The van der Waals surface area contributed by atoms with Gasteiger partial charge in [-0.3, -0.25) is 34.2 Å². The lowest BCUT2D eigenvalue weighted by molar-refractivity contribution is -0.138. The van der Waals surface area contributed by atoms with Crippen molar-refractivity contribution in [1.29, 1.82) is 0 Å². The smallest absolute Gasteiger partial charge is 0.303 e. The minimum absolute atomic E-state index is 0.0590. The number of rotatable bonds is 8. The molecule has 0 spiro atoms. The molecule has 2 aliphatic rings. The fourth-order valence-corrected chi connectivity index (χ4v) is 3.34. The highest BCUT2D eigenvalue weighted by Gasteiger charge is 2.45. The number of carboxylic acids is 1. The number of piperidine rings is 1. The molecule has 1 saturated heterocycles. The van der Waals surface area contributed by atoms with Crippen LogP contribution in [-0.4, -0.2) is 52.3 Å². The van der Waals surface area contributed by atoms with Crippen LogP contribution in [0, 0.1) is 0 Å². The van der Waals surface area contributed by atoms with Crippen LogP contribution in [0.1, 0.15) is 59.2 Å². The van der Waals surface area contributed by atoms with Crippen LogP contribution in [0.15, 0.2) is 18.2 Å². The molecule has 9 nitrogen and oxygen atoms in total. The summed E-state index contributed by atoms with van der Waals surface area (Å²) < 4.78 is 5.65. The van der Waals surface area contributed by atoms with Crippen molar-refractivity contribution in [2.24, 2.45) is 0 Å². The third-order valence-electron chi connectivity index (χ3n) is 4.72. The van der Waals surface area contributed by atoms with Gasteiger partial charge in [-0.25, -0.2) is 0 Å². The molecule has 1 aromatic rings. The lowest BCUT2D eigenvalue weighted by Gasteiger charge is -2.27. The van der Waals surface area contributed by atoms with E-state index in [0.29, 0.717) is 19.3 Å². The molecule has 1 unspecified atom stereocenters. The van der Waals surface area contributed by atoms with Crippen LogP contribution in [-0.2, 0) is 14.4 Å². The summed E-state index contributed by atoms with van der Waals surface area (Å²) in [7, 11) is 0. The Kier molecular flexibility index (Phi) is 5.72. The van der Waals surface area contributed by atoms with Gasteiger partial charge < -0.3 is 9.84 Å². The molecule has 148 valence electrons. The number of nitrogens with zero attached hydrogens (tertiary/aromatic N) is 1. The number of ether oxygens (including phenoxy) is 1. The number of imide groups is 2. The van der Waals surface area contributed by atoms with Crippen molar-refractivity contribution < 1.29 is 33.8 Å². The second kappa shape index (κ2) is 8.20. The molecule has 0 aromatic heterocycles. The van der Waals surface area contributed by atoms with E-state index in [2.05, 4.69) is 5.32 Å². The average Bonchev–Trinajstić information content (AvgIpc) is 2.90. The SMILES string of the molecule is O=C(O)CCCCCOc1cccc2c1C(=O)N(C1CCC(=O)NC1=O)C2=O. The number of aliphatic carboxylic acids is 1. The van der Waals surface area contributed by atoms with Gasteiger partial charge in [0.15, 0.2) is 0 Å². The van der Waals surface area contributed by atoms with Crippen molar-refractivity contribution in [2.45, 2.75) is 44.6 Å². The van der Waals surface area contributed by atoms with E-state index in [-0.39, 0.29) is 42.7 Å². The molecular formula is C19H20N2O7. The van der Waals surface area contributed by atoms with Crippen molar-refractivity contribution in [3.63, 3.8) is 0 Å². The van der Waals surface area contributed by atoms with Crippen LogP contribution in [0.4, 0.5) is 0 Å². The van der Waals surface area contributed by atoms with Crippen LogP contribution >= 0.6 is 0 Å². The van der Waals surface area contributed by atoms with Gasteiger partial charge in [0.05, 0.1) is 17.7 Å². The van der Waals surface area contributed by atoms with Crippen LogP contribution in [0.5, 0.6) is 5.75 Å². The van der Waals surface area contributed by atoms with Crippen molar-refractivity contribution in [3.05, 3.63) is 29.3 Å². The van der Waals surface area contributed by atoms with Gasteiger partial charge in [-0.2, -0.15) is 0 Å². The summed E-state index contributed by atoms with van der Waals surface area (Å²) in [6.07, 6.45) is 2.05. The molecule has 0 radical (unpaired) electrons. The van der Waals surface area contributed by atoms with E-state index in [0.717, 1.165) is 4.90 Å². The van der Waals surface area contributed by atoms with Crippen molar-refractivity contribution in [3.8, 4) is 5.75 Å². The minimum Gasteiger partial charge on any atom is -0.493 e. The number of hydrogen-bond acceptors (Lipinski definition) is 6. The molecule has 1 fully saturated rings. The molecule has 1 atom stereocenters. The molecule has 9 heteroatoms. The van der Waals surface area contributed by atoms with E-state index >= 15 is 0 Å². The Labute approximate surface area is 160 Å². The van der Waals surface area contributed by atoms with E-state index in [1.807, 2.05) is 0 Å². The summed E-state index contributed by atoms with van der Waals surface area (Å²) in [6.45, 7) is 0.274. The number of carboxylic acid groups (broad SMARTS) is 1. The van der Waals surface area contributed by atoms with Crippen molar-refractivity contribution in [2.75, 3.05) is 6.61 Å². The van der Waals surface area contributed by atoms with E-state index < -0.39 is 35.6 Å². The standard InChI is InChI=1S/C19H20N2O7/c22-14-9-8-12(17(25)20-14)21-18(26)11-5-4-6-13(16(11)19(21)27)28-10-3-1-2-7-15(23)24/h4-6,12H,1-3,7-10H2,(H,23,24)(H,20,22,25). The zero-order chi connectivity index (χ0) is 20.3. The van der Waals surface area contributed by atoms with Gasteiger partial charge >= 0.3 is 5.97 Å². The molecule has 2 N–H and O–H groups in total. The van der Waals surface area contributed by atoms with Gasteiger partial charge in [-0.15, -0.1) is 0 Å².